The molecule has 2 aromatic heterocycles. The number of thiophene rings is 1. The summed E-state index contributed by atoms with van der Waals surface area (Å²) in [6.07, 6.45) is 1.41. The number of ether oxygens (including phenoxy) is 1. The van der Waals surface area contributed by atoms with Gasteiger partial charge in [0.25, 0.3) is 5.91 Å². The number of hydrogen-bond acceptors (Lipinski definition) is 5. The van der Waals surface area contributed by atoms with Crippen LogP contribution in [0.15, 0.2) is 48.1 Å². The quantitative estimate of drug-likeness (QED) is 0.466. The molecule has 0 spiro atoms. The first-order valence-electron chi connectivity index (χ1n) is 9.41. The van der Waals surface area contributed by atoms with Crippen molar-refractivity contribution >= 4 is 33.1 Å². The maximum absolute atomic E-state index is 13.3. The SMILES string of the molecule is Cc1cc(C)c(NC(=O)COc2ncnc3scc(-c4ccc(F)cc4)c23)c(C)c1. The average Bonchev–Trinajstić information content (AvgIpc) is 3.14. The summed E-state index contributed by atoms with van der Waals surface area (Å²) in [5.74, 6) is -0.243. The average molecular weight is 421 g/mol. The molecule has 0 aliphatic heterocycles. The molecule has 0 saturated carbocycles. The van der Waals surface area contributed by atoms with Crippen molar-refractivity contribution in [2.45, 2.75) is 20.8 Å². The molecule has 0 fully saturated rings. The summed E-state index contributed by atoms with van der Waals surface area (Å²) in [7, 11) is 0. The third kappa shape index (κ3) is 4.02. The van der Waals surface area contributed by atoms with Gasteiger partial charge in [-0.3, -0.25) is 4.79 Å². The number of benzene rings is 2. The van der Waals surface area contributed by atoms with Gasteiger partial charge < -0.3 is 10.1 Å². The maximum Gasteiger partial charge on any atom is 0.262 e. The van der Waals surface area contributed by atoms with Crippen molar-refractivity contribution in [3.63, 3.8) is 0 Å². The second-order valence-corrected chi connectivity index (χ2v) is 7.98. The number of halogens is 1. The Balaban J connectivity index is 1.57. The van der Waals surface area contributed by atoms with E-state index in [1.165, 1.54) is 29.8 Å². The lowest BCUT2D eigenvalue weighted by atomic mass is 10.1. The highest BCUT2D eigenvalue weighted by atomic mass is 32.1. The Morgan fingerprint density at radius 3 is 2.50 bits per heavy atom. The van der Waals surface area contributed by atoms with Crippen molar-refractivity contribution in [1.82, 2.24) is 9.97 Å². The number of anilines is 1. The number of aryl methyl sites for hydroxylation is 3. The summed E-state index contributed by atoms with van der Waals surface area (Å²) in [4.78, 5) is 21.8. The van der Waals surface area contributed by atoms with Crippen LogP contribution in [-0.4, -0.2) is 22.5 Å². The van der Waals surface area contributed by atoms with Gasteiger partial charge in [-0.25, -0.2) is 14.4 Å². The molecule has 0 bridgehead atoms. The van der Waals surface area contributed by atoms with Crippen LogP contribution in [-0.2, 0) is 4.79 Å². The number of amides is 1. The molecule has 7 heteroatoms. The molecular formula is C23H20FN3O2S. The smallest absolute Gasteiger partial charge is 0.262 e. The number of fused-ring (bicyclic) bond motifs is 1. The van der Waals surface area contributed by atoms with Gasteiger partial charge >= 0.3 is 0 Å². The van der Waals surface area contributed by atoms with Crippen LogP contribution >= 0.6 is 11.3 Å². The van der Waals surface area contributed by atoms with E-state index in [1.807, 2.05) is 38.3 Å². The van der Waals surface area contributed by atoms with E-state index in [1.54, 1.807) is 12.1 Å². The topological polar surface area (TPSA) is 64.1 Å². The van der Waals surface area contributed by atoms with Gasteiger partial charge in [0.1, 0.15) is 17.0 Å². The Morgan fingerprint density at radius 2 is 1.80 bits per heavy atom. The Hall–Kier alpha value is -3.32. The van der Waals surface area contributed by atoms with Crippen LogP contribution < -0.4 is 10.1 Å². The molecule has 5 nitrogen and oxygen atoms in total. The van der Waals surface area contributed by atoms with Gasteiger partial charge in [0.15, 0.2) is 6.61 Å². The van der Waals surface area contributed by atoms with Crippen molar-refractivity contribution in [2.24, 2.45) is 0 Å². The number of nitrogens with one attached hydrogen (secondary N) is 1. The van der Waals surface area contributed by atoms with Gasteiger partial charge in [-0.05, 0) is 49.6 Å². The molecular weight excluding hydrogens is 401 g/mol. The third-order valence-corrected chi connectivity index (χ3v) is 5.66. The monoisotopic (exact) mass is 421 g/mol. The van der Waals surface area contributed by atoms with Gasteiger partial charge in [0.2, 0.25) is 5.88 Å². The van der Waals surface area contributed by atoms with Gasteiger partial charge in [-0.1, -0.05) is 29.8 Å². The van der Waals surface area contributed by atoms with Gasteiger partial charge in [0, 0.05) is 16.6 Å². The summed E-state index contributed by atoms with van der Waals surface area (Å²) in [6.45, 7) is 5.77. The zero-order valence-electron chi connectivity index (χ0n) is 16.8. The molecule has 0 aliphatic rings. The third-order valence-electron chi connectivity index (χ3n) is 4.77. The number of rotatable bonds is 5. The Bertz CT molecular complexity index is 1210. The maximum atomic E-state index is 13.3. The molecule has 0 atom stereocenters. The van der Waals surface area contributed by atoms with Gasteiger partial charge in [0.05, 0.1) is 5.39 Å². The number of nitrogens with zero attached hydrogens (tertiary/aromatic N) is 2. The van der Waals surface area contributed by atoms with Crippen LogP contribution in [0.3, 0.4) is 0 Å². The molecule has 2 heterocycles. The fourth-order valence-corrected chi connectivity index (χ4v) is 4.39. The molecule has 30 heavy (non-hydrogen) atoms. The second kappa shape index (κ2) is 8.20. The van der Waals surface area contributed by atoms with Gasteiger partial charge in [-0.15, -0.1) is 11.3 Å². The lowest BCUT2D eigenvalue weighted by Crippen LogP contribution is -2.21. The van der Waals surface area contributed by atoms with Crippen molar-refractivity contribution in [3.05, 3.63) is 70.6 Å². The predicted molar refractivity (Wildman–Crippen MR) is 118 cm³/mol. The molecule has 152 valence electrons. The van der Waals surface area contributed by atoms with Crippen LogP contribution in [0.25, 0.3) is 21.3 Å². The van der Waals surface area contributed by atoms with E-state index in [0.29, 0.717) is 11.3 Å². The first-order valence-corrected chi connectivity index (χ1v) is 10.3. The van der Waals surface area contributed by atoms with E-state index in [2.05, 4.69) is 15.3 Å². The minimum atomic E-state index is -0.302. The summed E-state index contributed by atoms with van der Waals surface area (Å²) < 4.78 is 19.1. The normalized spacial score (nSPS) is 10.9. The van der Waals surface area contributed by atoms with Crippen molar-refractivity contribution in [2.75, 3.05) is 11.9 Å². The number of hydrogen-bond donors (Lipinski definition) is 1. The fraction of sp³-hybridized carbons (Fsp3) is 0.174. The standard InChI is InChI=1S/C23H20FN3O2S/c1-13-8-14(2)21(15(3)9-13)27-19(28)10-29-22-20-18(11-30-23(20)26-12-25-22)16-4-6-17(24)7-5-16/h4-9,11-12H,10H2,1-3H3,(H,27,28). The highest BCUT2D eigenvalue weighted by Crippen LogP contribution is 2.37. The van der Waals surface area contributed by atoms with Crippen LogP contribution in [0, 0.1) is 26.6 Å². The van der Waals surface area contributed by atoms with Crippen LogP contribution in [0.4, 0.5) is 10.1 Å². The van der Waals surface area contributed by atoms with Crippen molar-refractivity contribution in [3.8, 4) is 17.0 Å². The Kier molecular flexibility index (Phi) is 5.46. The first kappa shape index (κ1) is 20.0. The van der Waals surface area contributed by atoms with Crippen LogP contribution in [0.5, 0.6) is 5.88 Å². The molecule has 4 rings (SSSR count). The fourth-order valence-electron chi connectivity index (χ4n) is 3.49. The summed E-state index contributed by atoms with van der Waals surface area (Å²) in [5.41, 5.74) is 5.62. The molecule has 0 radical (unpaired) electrons. The molecule has 1 N–H and O–H groups in total. The Labute approximate surface area is 177 Å². The Morgan fingerprint density at radius 1 is 1.10 bits per heavy atom. The lowest BCUT2D eigenvalue weighted by Gasteiger charge is -2.13. The van der Waals surface area contributed by atoms with E-state index in [-0.39, 0.29) is 18.3 Å². The number of aromatic nitrogens is 2. The molecule has 1 amide bonds. The van der Waals surface area contributed by atoms with Crippen LogP contribution in [0.1, 0.15) is 16.7 Å². The highest BCUT2D eigenvalue weighted by molar-refractivity contribution is 7.17. The molecule has 0 aliphatic carbocycles. The zero-order valence-corrected chi connectivity index (χ0v) is 17.6. The lowest BCUT2D eigenvalue weighted by molar-refractivity contribution is -0.118. The van der Waals surface area contributed by atoms with E-state index in [4.69, 9.17) is 4.74 Å². The number of carbonyl (C=O) groups excluding carboxylic acids is 1. The first-order chi connectivity index (χ1) is 14.4. The minimum absolute atomic E-state index is 0.183. The van der Waals surface area contributed by atoms with E-state index in [0.717, 1.165) is 38.3 Å². The second-order valence-electron chi connectivity index (χ2n) is 7.13. The summed E-state index contributed by atoms with van der Waals surface area (Å²) in [6, 6.07) is 10.3. The summed E-state index contributed by atoms with van der Waals surface area (Å²) >= 11 is 1.44. The molecule has 2 aromatic carbocycles. The molecule has 4 aromatic rings. The van der Waals surface area contributed by atoms with E-state index < -0.39 is 0 Å². The van der Waals surface area contributed by atoms with Crippen LogP contribution in [0.2, 0.25) is 0 Å². The number of carbonyl (C=O) groups is 1. The predicted octanol–water partition coefficient (Wildman–Crippen LogP) is 5.44. The zero-order chi connectivity index (χ0) is 21.3. The van der Waals surface area contributed by atoms with Crippen molar-refractivity contribution < 1.29 is 13.9 Å². The summed E-state index contributed by atoms with van der Waals surface area (Å²) in [5, 5.41) is 5.57. The largest absolute Gasteiger partial charge is 0.467 e. The molecule has 0 unspecified atom stereocenters. The highest BCUT2D eigenvalue weighted by Gasteiger charge is 2.16. The molecule has 0 saturated heterocycles. The van der Waals surface area contributed by atoms with Gasteiger partial charge in [-0.2, -0.15) is 0 Å². The van der Waals surface area contributed by atoms with Crippen molar-refractivity contribution in [1.29, 1.82) is 0 Å². The minimum Gasteiger partial charge on any atom is -0.467 e. The van der Waals surface area contributed by atoms with E-state index in [9.17, 15) is 9.18 Å². The van der Waals surface area contributed by atoms with E-state index >= 15 is 0 Å².